The van der Waals surface area contributed by atoms with E-state index in [0.29, 0.717) is 18.7 Å². The second-order valence-corrected chi connectivity index (χ2v) is 5.06. The summed E-state index contributed by atoms with van der Waals surface area (Å²) in [6.07, 6.45) is 3.52. The van der Waals surface area contributed by atoms with E-state index in [1.54, 1.807) is 6.26 Å². The number of benzene rings is 2. The smallest absolute Gasteiger partial charge is 0.335 e. The van der Waals surface area contributed by atoms with E-state index in [1.807, 2.05) is 37.3 Å². The molecule has 0 fully saturated rings. The predicted octanol–water partition coefficient (Wildman–Crippen LogP) is 3.32. The van der Waals surface area contributed by atoms with Gasteiger partial charge in [0.2, 0.25) is 0 Å². The van der Waals surface area contributed by atoms with Gasteiger partial charge in [0.1, 0.15) is 0 Å². The Balaban J connectivity index is 1.90. The molecule has 2 aromatic rings. The van der Waals surface area contributed by atoms with Gasteiger partial charge in [0.05, 0.1) is 18.4 Å². The van der Waals surface area contributed by atoms with Crippen LogP contribution in [0.25, 0.3) is 6.08 Å². The van der Waals surface area contributed by atoms with Crippen molar-refractivity contribution < 1.29 is 19.4 Å². The second kappa shape index (κ2) is 8.53. The van der Waals surface area contributed by atoms with Crippen molar-refractivity contribution >= 4 is 18.0 Å². The molecular formula is C19H19NO4. The van der Waals surface area contributed by atoms with E-state index in [0.717, 1.165) is 11.1 Å². The van der Waals surface area contributed by atoms with Gasteiger partial charge >= 0.3 is 5.97 Å². The maximum Gasteiger partial charge on any atom is 0.335 e. The Labute approximate surface area is 140 Å². The summed E-state index contributed by atoms with van der Waals surface area (Å²) in [6, 6.07) is 13.6. The number of nitrogens with one attached hydrogen (secondary N) is 1. The molecule has 0 bridgehead atoms. The Hall–Kier alpha value is -3.08. The lowest BCUT2D eigenvalue weighted by Crippen LogP contribution is -2.22. The normalized spacial score (nSPS) is 10.5. The summed E-state index contributed by atoms with van der Waals surface area (Å²) < 4.78 is 5.14. The molecule has 0 heterocycles. The summed E-state index contributed by atoms with van der Waals surface area (Å²) in [5, 5.41) is 11.7. The molecule has 0 aromatic heterocycles. The third kappa shape index (κ3) is 4.98. The molecule has 0 atom stereocenters. The molecule has 0 unspecified atom stereocenters. The molecule has 1 amide bonds. The molecule has 0 aliphatic rings. The zero-order chi connectivity index (χ0) is 17.4. The van der Waals surface area contributed by atoms with E-state index in [-0.39, 0.29) is 11.5 Å². The minimum absolute atomic E-state index is 0.155. The summed E-state index contributed by atoms with van der Waals surface area (Å²) in [7, 11) is 0. The molecular weight excluding hydrogens is 306 g/mol. The van der Waals surface area contributed by atoms with Crippen LogP contribution in [0.2, 0.25) is 0 Å². The van der Waals surface area contributed by atoms with Gasteiger partial charge in [-0.15, -0.1) is 0 Å². The van der Waals surface area contributed by atoms with Gasteiger partial charge < -0.3 is 15.2 Å². The quantitative estimate of drug-likeness (QED) is 0.766. The first-order valence-corrected chi connectivity index (χ1v) is 7.59. The van der Waals surface area contributed by atoms with Crippen molar-refractivity contribution in [2.75, 3.05) is 6.61 Å². The number of rotatable bonds is 7. The first-order chi connectivity index (χ1) is 11.6. The Bertz CT molecular complexity index is 718. The van der Waals surface area contributed by atoms with Gasteiger partial charge in [-0.2, -0.15) is 0 Å². The third-order valence-corrected chi connectivity index (χ3v) is 3.35. The average Bonchev–Trinajstić information content (AvgIpc) is 2.61. The van der Waals surface area contributed by atoms with E-state index in [4.69, 9.17) is 9.84 Å². The molecule has 2 N–H and O–H groups in total. The van der Waals surface area contributed by atoms with E-state index in [1.165, 1.54) is 24.3 Å². The van der Waals surface area contributed by atoms with Crippen molar-refractivity contribution in [1.82, 2.24) is 5.32 Å². The van der Waals surface area contributed by atoms with Crippen molar-refractivity contribution in [1.29, 1.82) is 0 Å². The topological polar surface area (TPSA) is 75.6 Å². The van der Waals surface area contributed by atoms with Crippen LogP contribution in [0.15, 0.2) is 54.8 Å². The van der Waals surface area contributed by atoms with E-state index >= 15 is 0 Å². The van der Waals surface area contributed by atoms with E-state index in [2.05, 4.69) is 5.32 Å². The number of carbonyl (C=O) groups excluding carboxylic acids is 1. The van der Waals surface area contributed by atoms with Gasteiger partial charge in [0.15, 0.2) is 0 Å². The number of carbonyl (C=O) groups is 2. The highest BCUT2D eigenvalue weighted by Gasteiger charge is 2.07. The van der Waals surface area contributed by atoms with Crippen LogP contribution >= 0.6 is 0 Å². The summed E-state index contributed by atoms with van der Waals surface area (Å²) in [5.41, 5.74) is 2.57. The number of hydrogen-bond donors (Lipinski definition) is 2. The predicted molar refractivity (Wildman–Crippen MR) is 91.7 cm³/mol. The summed E-state index contributed by atoms with van der Waals surface area (Å²) in [5.74, 6) is -1.26. The number of carboxylic acids is 1. The molecule has 24 heavy (non-hydrogen) atoms. The molecule has 2 rings (SSSR count). The van der Waals surface area contributed by atoms with Gasteiger partial charge in [-0.05, 0) is 48.4 Å². The lowest BCUT2D eigenvalue weighted by Gasteiger charge is -2.06. The number of hydrogen-bond acceptors (Lipinski definition) is 3. The standard InChI is InChI=1S/C19H19NO4/c1-2-24-12-11-14-3-5-15(6-4-14)13-20-18(21)16-7-9-17(10-8-16)19(22)23/h3-12H,2,13H2,1H3,(H,20,21)(H,22,23)/b12-11+. The summed E-state index contributed by atoms with van der Waals surface area (Å²) in [6.45, 7) is 2.95. The van der Waals surface area contributed by atoms with Crippen LogP contribution in [0.3, 0.4) is 0 Å². The number of carboxylic acid groups (broad SMARTS) is 1. The molecule has 0 aliphatic carbocycles. The Morgan fingerprint density at radius 3 is 2.25 bits per heavy atom. The maximum atomic E-state index is 12.1. The fourth-order valence-electron chi connectivity index (χ4n) is 2.02. The van der Waals surface area contributed by atoms with Crippen molar-refractivity contribution in [3.8, 4) is 0 Å². The lowest BCUT2D eigenvalue weighted by atomic mass is 10.1. The highest BCUT2D eigenvalue weighted by Crippen LogP contribution is 2.08. The molecule has 0 saturated carbocycles. The number of ether oxygens (including phenoxy) is 1. The minimum atomic E-state index is -1.01. The van der Waals surface area contributed by atoms with Crippen LogP contribution in [-0.4, -0.2) is 23.6 Å². The first-order valence-electron chi connectivity index (χ1n) is 7.59. The fraction of sp³-hybridized carbons (Fsp3) is 0.158. The van der Waals surface area contributed by atoms with Crippen LogP contribution in [0.4, 0.5) is 0 Å². The molecule has 2 aromatic carbocycles. The lowest BCUT2D eigenvalue weighted by molar-refractivity contribution is 0.0696. The van der Waals surface area contributed by atoms with Crippen LogP contribution < -0.4 is 5.32 Å². The van der Waals surface area contributed by atoms with E-state index in [9.17, 15) is 9.59 Å². The number of amides is 1. The van der Waals surface area contributed by atoms with Crippen molar-refractivity contribution in [2.45, 2.75) is 13.5 Å². The molecule has 0 spiro atoms. The minimum Gasteiger partial charge on any atom is -0.501 e. The zero-order valence-electron chi connectivity index (χ0n) is 13.4. The fourth-order valence-corrected chi connectivity index (χ4v) is 2.02. The van der Waals surface area contributed by atoms with Gasteiger partial charge in [0.25, 0.3) is 5.91 Å². The SMILES string of the molecule is CCO/C=C/c1ccc(CNC(=O)c2ccc(C(=O)O)cc2)cc1. The number of aromatic carboxylic acids is 1. The van der Waals surface area contributed by atoms with E-state index < -0.39 is 5.97 Å². The van der Waals surface area contributed by atoms with Crippen molar-refractivity contribution in [3.05, 3.63) is 77.0 Å². The van der Waals surface area contributed by atoms with Crippen LogP contribution in [0, 0.1) is 0 Å². The third-order valence-electron chi connectivity index (χ3n) is 3.35. The molecule has 5 nitrogen and oxygen atoms in total. The Kier molecular flexibility index (Phi) is 6.14. The van der Waals surface area contributed by atoms with Crippen molar-refractivity contribution in [3.63, 3.8) is 0 Å². The van der Waals surface area contributed by atoms with Gasteiger partial charge in [-0.3, -0.25) is 4.79 Å². The molecule has 124 valence electrons. The second-order valence-electron chi connectivity index (χ2n) is 5.06. The first kappa shape index (κ1) is 17.3. The van der Waals surface area contributed by atoms with Crippen LogP contribution in [0.1, 0.15) is 38.8 Å². The van der Waals surface area contributed by atoms with Crippen LogP contribution in [0.5, 0.6) is 0 Å². The van der Waals surface area contributed by atoms with Gasteiger partial charge in [0, 0.05) is 12.1 Å². The molecule has 5 heteroatoms. The van der Waals surface area contributed by atoms with Gasteiger partial charge in [-0.1, -0.05) is 24.3 Å². The van der Waals surface area contributed by atoms with Crippen molar-refractivity contribution in [2.24, 2.45) is 0 Å². The highest BCUT2D eigenvalue weighted by molar-refractivity contribution is 5.95. The highest BCUT2D eigenvalue weighted by atomic mass is 16.5. The Morgan fingerprint density at radius 1 is 1.04 bits per heavy atom. The monoisotopic (exact) mass is 325 g/mol. The molecule has 0 aliphatic heterocycles. The Morgan fingerprint density at radius 2 is 1.67 bits per heavy atom. The van der Waals surface area contributed by atoms with Gasteiger partial charge in [-0.25, -0.2) is 4.79 Å². The summed E-state index contributed by atoms with van der Waals surface area (Å²) in [4.78, 5) is 22.8. The average molecular weight is 325 g/mol. The van der Waals surface area contributed by atoms with Crippen LogP contribution in [-0.2, 0) is 11.3 Å². The largest absolute Gasteiger partial charge is 0.501 e. The molecule has 0 radical (unpaired) electrons. The maximum absolute atomic E-state index is 12.1. The summed E-state index contributed by atoms with van der Waals surface area (Å²) >= 11 is 0. The zero-order valence-corrected chi connectivity index (χ0v) is 13.4. The molecule has 0 saturated heterocycles.